The maximum Gasteiger partial charge on any atom is 0.0662 e. The molecule has 0 amide bonds. The highest BCUT2D eigenvalue weighted by atomic mass is 32.2. The molecule has 0 radical (unpaired) electrons. The van der Waals surface area contributed by atoms with Gasteiger partial charge in [-0.2, -0.15) is 0 Å². The van der Waals surface area contributed by atoms with E-state index in [0.717, 1.165) is 35.4 Å². The molecule has 2 unspecified atom stereocenters. The van der Waals surface area contributed by atoms with E-state index in [1.165, 1.54) is 6.42 Å². The Hall–Kier alpha value is -0.670. The van der Waals surface area contributed by atoms with Crippen molar-refractivity contribution in [3.63, 3.8) is 0 Å². The summed E-state index contributed by atoms with van der Waals surface area (Å²) in [6, 6.07) is 6.11. The van der Waals surface area contributed by atoms with Crippen molar-refractivity contribution in [3.05, 3.63) is 23.8 Å². The molecule has 1 aromatic carbocycles. The Morgan fingerprint density at radius 2 is 2.06 bits per heavy atom. The maximum absolute atomic E-state index is 9.93. The largest absolute Gasteiger partial charge is 0.398 e. The number of nitrogen functional groups attached to an aromatic ring is 1. The van der Waals surface area contributed by atoms with E-state index in [1.54, 1.807) is 11.8 Å². The molecular formula is C13H19NOS. The summed E-state index contributed by atoms with van der Waals surface area (Å²) in [5.74, 6) is 0. The number of para-hydroxylation sites is 1. The fraction of sp³-hybridized carbons (Fsp3) is 0.538. The second kappa shape index (κ2) is 5.11. The molecule has 0 aromatic heterocycles. The van der Waals surface area contributed by atoms with Gasteiger partial charge in [-0.15, -0.1) is 11.8 Å². The van der Waals surface area contributed by atoms with Gasteiger partial charge in [-0.3, -0.25) is 0 Å². The number of hydrogen-bond donors (Lipinski definition) is 2. The van der Waals surface area contributed by atoms with Crippen LogP contribution in [0.15, 0.2) is 23.1 Å². The normalized spacial score (nSPS) is 25.6. The minimum atomic E-state index is -0.168. The topological polar surface area (TPSA) is 46.2 Å². The summed E-state index contributed by atoms with van der Waals surface area (Å²) < 4.78 is 0. The van der Waals surface area contributed by atoms with Gasteiger partial charge in [0.2, 0.25) is 0 Å². The first kappa shape index (κ1) is 11.8. The molecule has 1 saturated carbocycles. The Balaban J connectivity index is 2.10. The van der Waals surface area contributed by atoms with Crippen molar-refractivity contribution < 1.29 is 5.11 Å². The van der Waals surface area contributed by atoms with Crippen LogP contribution in [0.5, 0.6) is 0 Å². The number of thioether (sulfide) groups is 1. The van der Waals surface area contributed by atoms with Crippen LogP contribution in [0.2, 0.25) is 0 Å². The lowest BCUT2D eigenvalue weighted by atomic mass is 9.97. The quantitative estimate of drug-likeness (QED) is 0.777. The van der Waals surface area contributed by atoms with Gasteiger partial charge in [0.15, 0.2) is 0 Å². The number of aryl methyl sites for hydroxylation is 1. The highest BCUT2D eigenvalue weighted by Gasteiger charge is 2.24. The van der Waals surface area contributed by atoms with Crippen molar-refractivity contribution in [3.8, 4) is 0 Å². The van der Waals surface area contributed by atoms with Gasteiger partial charge in [0.25, 0.3) is 0 Å². The van der Waals surface area contributed by atoms with E-state index in [0.29, 0.717) is 5.25 Å². The summed E-state index contributed by atoms with van der Waals surface area (Å²) in [5.41, 5.74) is 8.03. The van der Waals surface area contributed by atoms with Crippen LogP contribution in [-0.4, -0.2) is 16.5 Å². The monoisotopic (exact) mass is 237 g/mol. The number of aliphatic hydroxyl groups excluding tert-OH is 1. The van der Waals surface area contributed by atoms with Gasteiger partial charge in [-0.1, -0.05) is 25.0 Å². The van der Waals surface area contributed by atoms with E-state index in [9.17, 15) is 5.11 Å². The fourth-order valence-electron chi connectivity index (χ4n) is 2.13. The van der Waals surface area contributed by atoms with E-state index >= 15 is 0 Å². The zero-order chi connectivity index (χ0) is 11.5. The third kappa shape index (κ3) is 2.53. The lowest BCUT2D eigenvalue weighted by molar-refractivity contribution is 0.137. The van der Waals surface area contributed by atoms with E-state index in [1.807, 2.05) is 25.1 Å². The van der Waals surface area contributed by atoms with Crippen LogP contribution in [0.25, 0.3) is 0 Å². The Morgan fingerprint density at radius 3 is 2.81 bits per heavy atom. The number of hydrogen-bond acceptors (Lipinski definition) is 3. The third-order valence-electron chi connectivity index (χ3n) is 3.23. The molecule has 1 fully saturated rings. The molecule has 3 heteroatoms. The zero-order valence-corrected chi connectivity index (χ0v) is 10.5. The predicted molar refractivity (Wildman–Crippen MR) is 69.7 cm³/mol. The van der Waals surface area contributed by atoms with Crippen molar-refractivity contribution >= 4 is 17.4 Å². The van der Waals surface area contributed by atoms with Gasteiger partial charge >= 0.3 is 0 Å². The molecule has 2 atom stereocenters. The molecule has 3 N–H and O–H groups in total. The lowest BCUT2D eigenvalue weighted by Crippen LogP contribution is -2.26. The second-order valence-corrected chi connectivity index (χ2v) is 5.78. The molecule has 16 heavy (non-hydrogen) atoms. The van der Waals surface area contributed by atoms with Crippen molar-refractivity contribution in [2.75, 3.05) is 5.73 Å². The summed E-state index contributed by atoms with van der Waals surface area (Å²) in [7, 11) is 0. The molecule has 1 aliphatic rings. The van der Waals surface area contributed by atoms with Crippen LogP contribution in [0, 0.1) is 6.92 Å². The number of benzene rings is 1. The fourth-order valence-corrected chi connectivity index (χ4v) is 3.48. The highest BCUT2D eigenvalue weighted by Crippen LogP contribution is 2.37. The van der Waals surface area contributed by atoms with Gasteiger partial charge in [0.05, 0.1) is 6.10 Å². The number of nitrogens with two attached hydrogens (primary N) is 1. The zero-order valence-electron chi connectivity index (χ0n) is 9.65. The first-order valence-electron chi connectivity index (χ1n) is 5.88. The molecule has 0 heterocycles. The van der Waals surface area contributed by atoms with E-state index in [2.05, 4.69) is 0 Å². The highest BCUT2D eigenvalue weighted by molar-refractivity contribution is 8.00. The summed E-state index contributed by atoms with van der Waals surface area (Å²) in [6.45, 7) is 2.02. The molecule has 1 aliphatic carbocycles. The molecule has 0 spiro atoms. The van der Waals surface area contributed by atoms with Crippen LogP contribution in [0.1, 0.15) is 31.2 Å². The lowest BCUT2D eigenvalue weighted by Gasteiger charge is -2.27. The first-order valence-corrected chi connectivity index (χ1v) is 6.76. The Bertz CT molecular complexity index is 367. The third-order valence-corrected chi connectivity index (χ3v) is 4.69. The summed E-state index contributed by atoms with van der Waals surface area (Å²) in [6.07, 6.45) is 4.24. The smallest absolute Gasteiger partial charge is 0.0662 e. The summed E-state index contributed by atoms with van der Waals surface area (Å²) >= 11 is 1.74. The van der Waals surface area contributed by atoms with Gasteiger partial charge in [0, 0.05) is 15.8 Å². The van der Waals surface area contributed by atoms with E-state index < -0.39 is 0 Å². The standard InChI is InChI=1S/C13H19NOS/c1-9-5-4-8-12(13(9)14)16-11-7-3-2-6-10(11)15/h4-5,8,10-11,15H,2-3,6-7,14H2,1H3. The first-order chi connectivity index (χ1) is 7.68. The molecule has 88 valence electrons. The summed E-state index contributed by atoms with van der Waals surface area (Å²) in [4.78, 5) is 1.12. The van der Waals surface area contributed by atoms with Crippen molar-refractivity contribution in [1.29, 1.82) is 0 Å². The van der Waals surface area contributed by atoms with Crippen LogP contribution in [0.3, 0.4) is 0 Å². The number of rotatable bonds is 2. The van der Waals surface area contributed by atoms with Crippen molar-refractivity contribution in [2.45, 2.75) is 48.9 Å². The number of aliphatic hydroxyl groups is 1. The SMILES string of the molecule is Cc1cccc(SC2CCCCC2O)c1N. The van der Waals surface area contributed by atoms with E-state index in [-0.39, 0.29) is 6.10 Å². The minimum Gasteiger partial charge on any atom is -0.398 e. The van der Waals surface area contributed by atoms with Gasteiger partial charge in [-0.25, -0.2) is 0 Å². The maximum atomic E-state index is 9.93. The Morgan fingerprint density at radius 1 is 1.31 bits per heavy atom. The van der Waals surface area contributed by atoms with Crippen LogP contribution < -0.4 is 5.73 Å². The van der Waals surface area contributed by atoms with Crippen LogP contribution in [-0.2, 0) is 0 Å². The molecule has 0 saturated heterocycles. The molecule has 0 bridgehead atoms. The summed E-state index contributed by atoms with van der Waals surface area (Å²) in [5, 5.41) is 10.2. The number of anilines is 1. The van der Waals surface area contributed by atoms with Crippen LogP contribution >= 0.6 is 11.8 Å². The molecule has 2 rings (SSSR count). The van der Waals surface area contributed by atoms with Crippen molar-refractivity contribution in [1.82, 2.24) is 0 Å². The van der Waals surface area contributed by atoms with Gasteiger partial charge < -0.3 is 10.8 Å². The Kier molecular flexibility index (Phi) is 3.77. The average Bonchev–Trinajstić information content (AvgIpc) is 2.28. The van der Waals surface area contributed by atoms with Crippen LogP contribution in [0.4, 0.5) is 5.69 Å². The molecule has 2 nitrogen and oxygen atoms in total. The average molecular weight is 237 g/mol. The Labute approximate surface area is 101 Å². The molecular weight excluding hydrogens is 218 g/mol. The second-order valence-electron chi connectivity index (χ2n) is 4.49. The van der Waals surface area contributed by atoms with Gasteiger partial charge in [0.1, 0.15) is 0 Å². The molecule has 1 aromatic rings. The minimum absolute atomic E-state index is 0.168. The van der Waals surface area contributed by atoms with E-state index in [4.69, 9.17) is 5.73 Å². The van der Waals surface area contributed by atoms with Gasteiger partial charge in [-0.05, 0) is 31.4 Å². The predicted octanol–water partition coefficient (Wildman–Crippen LogP) is 2.97. The van der Waals surface area contributed by atoms with Crippen molar-refractivity contribution in [2.24, 2.45) is 0 Å². The molecule has 0 aliphatic heterocycles.